The zero-order valence-corrected chi connectivity index (χ0v) is 14.3. The third-order valence-electron chi connectivity index (χ3n) is 2.88. The van der Waals surface area contributed by atoms with Crippen molar-refractivity contribution in [3.63, 3.8) is 0 Å². The Balaban J connectivity index is 0.00000149. The summed E-state index contributed by atoms with van der Waals surface area (Å²) >= 11 is 0. The summed E-state index contributed by atoms with van der Waals surface area (Å²) in [6.07, 6.45) is 2.20. The van der Waals surface area contributed by atoms with Gasteiger partial charge in [-0.1, -0.05) is 38.5 Å². The van der Waals surface area contributed by atoms with Crippen LogP contribution in [0.15, 0.2) is 30.3 Å². The van der Waals surface area contributed by atoms with Crippen LogP contribution >= 0.6 is 0 Å². The number of amides is 2. The molecule has 0 radical (unpaired) electrons. The molecule has 6 nitrogen and oxygen atoms in total. The Morgan fingerprint density at radius 2 is 1.74 bits per heavy atom. The fourth-order valence-electron chi connectivity index (χ4n) is 1.73. The van der Waals surface area contributed by atoms with Crippen LogP contribution in [0.3, 0.4) is 0 Å². The van der Waals surface area contributed by atoms with Crippen molar-refractivity contribution in [1.82, 2.24) is 15.7 Å². The number of hydrogen-bond donors (Lipinski definition) is 3. The first-order valence-electron chi connectivity index (χ1n) is 7.99. The highest BCUT2D eigenvalue weighted by molar-refractivity contribution is 5.94. The molecule has 0 saturated heterocycles. The molecule has 0 bridgehead atoms. The summed E-state index contributed by atoms with van der Waals surface area (Å²) in [6, 6.07) is 9.06. The lowest BCUT2D eigenvalue weighted by atomic mass is 10.2. The van der Waals surface area contributed by atoms with E-state index in [1.165, 1.54) is 6.42 Å². The Hall–Kier alpha value is -1.92. The third-order valence-corrected chi connectivity index (χ3v) is 2.88. The number of hydroxylamine groups is 1. The van der Waals surface area contributed by atoms with E-state index in [1.54, 1.807) is 17.6 Å². The van der Waals surface area contributed by atoms with E-state index in [9.17, 15) is 9.59 Å². The van der Waals surface area contributed by atoms with Gasteiger partial charge in [-0.3, -0.25) is 14.8 Å². The maximum Gasteiger partial charge on any atom is 0.251 e. The Morgan fingerprint density at radius 3 is 2.30 bits per heavy atom. The molecule has 2 amide bonds. The van der Waals surface area contributed by atoms with Gasteiger partial charge in [0.1, 0.15) is 0 Å². The molecule has 1 rings (SSSR count). The molecular formula is C17H29N3O3. The molecule has 1 aromatic carbocycles. The largest absolute Gasteiger partial charge is 0.351 e. The molecule has 23 heavy (non-hydrogen) atoms. The lowest BCUT2D eigenvalue weighted by Gasteiger charge is -2.16. The molecule has 0 atom stereocenters. The second-order valence-corrected chi connectivity index (χ2v) is 5.27. The molecule has 0 aliphatic heterocycles. The summed E-state index contributed by atoms with van der Waals surface area (Å²) in [7, 11) is 1.92. The second-order valence-electron chi connectivity index (χ2n) is 5.27. The topological polar surface area (TPSA) is 81.7 Å². The minimum absolute atomic E-state index is 0.0846. The number of hydrogen-bond acceptors (Lipinski definition) is 4. The molecule has 0 aliphatic carbocycles. The summed E-state index contributed by atoms with van der Waals surface area (Å²) in [5.41, 5.74) is 2.25. The fraction of sp³-hybridized carbons (Fsp3) is 0.529. The number of carbonyl (C=O) groups is 2. The van der Waals surface area contributed by atoms with Gasteiger partial charge in [0.15, 0.2) is 0 Å². The lowest BCUT2D eigenvalue weighted by Crippen LogP contribution is -2.33. The van der Waals surface area contributed by atoms with Crippen molar-refractivity contribution in [2.75, 3.05) is 26.7 Å². The number of rotatable bonds is 8. The van der Waals surface area contributed by atoms with Gasteiger partial charge in [0.25, 0.3) is 5.91 Å². The van der Waals surface area contributed by atoms with Crippen LogP contribution in [0.4, 0.5) is 0 Å². The molecule has 0 spiro atoms. The number of carbonyl (C=O) groups excluding carboxylic acids is 2. The Kier molecular flexibility index (Phi) is 12.6. The average molecular weight is 323 g/mol. The highest BCUT2D eigenvalue weighted by atomic mass is 16.5. The fourth-order valence-corrected chi connectivity index (χ4v) is 1.73. The first kappa shape index (κ1) is 21.1. The van der Waals surface area contributed by atoms with Gasteiger partial charge in [0.2, 0.25) is 5.91 Å². The lowest BCUT2D eigenvalue weighted by molar-refractivity contribution is -0.129. The number of nitrogens with one attached hydrogen (secondary N) is 2. The summed E-state index contributed by atoms with van der Waals surface area (Å²) in [6.45, 7) is 6.24. The zero-order valence-electron chi connectivity index (χ0n) is 14.3. The van der Waals surface area contributed by atoms with Gasteiger partial charge in [0, 0.05) is 25.1 Å². The summed E-state index contributed by atoms with van der Waals surface area (Å²) in [4.78, 5) is 24.6. The van der Waals surface area contributed by atoms with E-state index in [2.05, 4.69) is 19.2 Å². The van der Waals surface area contributed by atoms with Crippen molar-refractivity contribution in [2.24, 2.45) is 0 Å². The van der Waals surface area contributed by atoms with Crippen LogP contribution in [0.5, 0.6) is 0 Å². The first-order chi connectivity index (χ1) is 11.0. The highest BCUT2D eigenvalue weighted by Crippen LogP contribution is 1.97. The molecule has 0 fully saturated rings. The maximum absolute atomic E-state index is 11.8. The minimum Gasteiger partial charge on any atom is -0.351 e. The molecule has 0 heterocycles. The first-order valence-corrected chi connectivity index (χ1v) is 7.99. The molecule has 0 aromatic heterocycles. The average Bonchev–Trinajstić information content (AvgIpc) is 2.56. The van der Waals surface area contributed by atoms with Crippen LogP contribution in [-0.2, 0) is 4.79 Å². The van der Waals surface area contributed by atoms with Gasteiger partial charge < -0.3 is 10.2 Å². The van der Waals surface area contributed by atoms with Crippen LogP contribution in [-0.4, -0.2) is 48.6 Å². The highest BCUT2D eigenvalue weighted by Gasteiger charge is 2.05. The van der Waals surface area contributed by atoms with Crippen LogP contribution in [0.1, 0.15) is 43.5 Å². The molecular weight excluding hydrogens is 294 g/mol. The van der Waals surface area contributed by atoms with E-state index >= 15 is 0 Å². The van der Waals surface area contributed by atoms with Gasteiger partial charge in [0.05, 0.1) is 0 Å². The van der Waals surface area contributed by atoms with Crippen molar-refractivity contribution in [2.45, 2.75) is 33.1 Å². The Labute approximate surface area is 138 Å². The van der Waals surface area contributed by atoms with Gasteiger partial charge >= 0.3 is 0 Å². The molecule has 0 saturated carbocycles. The predicted octanol–water partition coefficient (Wildman–Crippen LogP) is 2.05. The minimum atomic E-state index is -0.379. The molecule has 1 aromatic rings. The van der Waals surface area contributed by atoms with Crippen molar-refractivity contribution >= 4 is 11.8 Å². The number of benzene rings is 1. The Morgan fingerprint density at radius 1 is 1.13 bits per heavy atom. The summed E-state index contributed by atoms with van der Waals surface area (Å²) < 4.78 is 0. The normalized spacial score (nSPS) is 9.78. The monoisotopic (exact) mass is 323 g/mol. The van der Waals surface area contributed by atoms with Gasteiger partial charge in [-0.05, 0) is 32.1 Å². The zero-order chi connectivity index (χ0) is 17.5. The Bertz CT molecular complexity index is 438. The van der Waals surface area contributed by atoms with Crippen molar-refractivity contribution in [3.05, 3.63) is 35.9 Å². The maximum atomic E-state index is 11.8. The van der Waals surface area contributed by atoms with Gasteiger partial charge in [-0.2, -0.15) is 0 Å². The summed E-state index contributed by atoms with van der Waals surface area (Å²) in [5, 5.41) is 11.2. The van der Waals surface area contributed by atoms with E-state index in [4.69, 9.17) is 5.21 Å². The van der Waals surface area contributed by atoms with E-state index in [-0.39, 0.29) is 18.2 Å². The van der Waals surface area contributed by atoms with Crippen molar-refractivity contribution in [3.8, 4) is 0 Å². The third kappa shape index (κ3) is 11.3. The second kappa shape index (κ2) is 13.7. The van der Waals surface area contributed by atoms with Crippen molar-refractivity contribution in [1.29, 1.82) is 0 Å². The quantitative estimate of drug-likeness (QED) is 0.505. The predicted molar refractivity (Wildman–Crippen MR) is 91.4 cm³/mol. The number of likely N-dealkylation sites (N-methyl/N-ethyl adjacent to an activating group) is 1. The van der Waals surface area contributed by atoms with Crippen LogP contribution in [0.2, 0.25) is 0 Å². The number of nitrogens with zero attached hydrogens (tertiary/aromatic N) is 1. The van der Waals surface area contributed by atoms with E-state index in [0.717, 1.165) is 6.54 Å². The van der Waals surface area contributed by atoms with Crippen LogP contribution in [0.25, 0.3) is 0 Å². The van der Waals surface area contributed by atoms with Crippen LogP contribution < -0.4 is 10.8 Å². The van der Waals surface area contributed by atoms with E-state index in [0.29, 0.717) is 25.1 Å². The molecule has 130 valence electrons. The van der Waals surface area contributed by atoms with E-state index in [1.807, 2.05) is 30.1 Å². The SMILES string of the molecule is CCC.CN(CCCC(=O)NO)CCNC(=O)c1ccccc1. The molecule has 0 aliphatic rings. The molecule has 3 N–H and O–H groups in total. The summed E-state index contributed by atoms with van der Waals surface area (Å²) in [5.74, 6) is -0.463. The standard InChI is InChI=1S/C14H21N3O3.C3H8/c1-17(10-5-8-13(18)16-20)11-9-15-14(19)12-6-3-2-4-7-12;1-3-2/h2-4,6-7,20H,5,8-11H2,1H3,(H,15,19)(H,16,18);3H2,1-2H3. The van der Waals surface area contributed by atoms with Gasteiger partial charge in [-0.15, -0.1) is 0 Å². The van der Waals surface area contributed by atoms with E-state index < -0.39 is 0 Å². The van der Waals surface area contributed by atoms with Crippen molar-refractivity contribution < 1.29 is 14.8 Å². The smallest absolute Gasteiger partial charge is 0.251 e. The van der Waals surface area contributed by atoms with Gasteiger partial charge in [-0.25, -0.2) is 5.48 Å². The molecule has 0 unspecified atom stereocenters. The molecule has 6 heteroatoms. The van der Waals surface area contributed by atoms with Crippen LogP contribution in [0, 0.1) is 0 Å².